The van der Waals surface area contributed by atoms with Gasteiger partial charge >= 0.3 is 0 Å². The molecule has 3 N–H and O–H groups in total. The number of carbonyl (C=O) groups excluding carboxylic acids is 1. The molecule has 0 spiro atoms. The average Bonchev–Trinajstić information content (AvgIpc) is 3.05. The molecule has 1 aromatic rings. The fourth-order valence-electron chi connectivity index (χ4n) is 2.51. The lowest BCUT2D eigenvalue weighted by atomic mass is 10.2. The number of likely N-dealkylation sites (tertiary alicyclic amines) is 1. The van der Waals surface area contributed by atoms with Gasteiger partial charge in [-0.2, -0.15) is 0 Å². The molecular formula is C13H21N3O2. The minimum absolute atomic E-state index is 0.0340. The van der Waals surface area contributed by atoms with E-state index in [0.29, 0.717) is 19.1 Å². The second-order valence-electron chi connectivity index (χ2n) is 4.74. The second-order valence-corrected chi connectivity index (χ2v) is 4.74. The normalized spacial score (nSPS) is 22.0. The molecule has 2 unspecified atom stereocenters. The van der Waals surface area contributed by atoms with E-state index in [2.05, 4.69) is 10.2 Å². The van der Waals surface area contributed by atoms with Crippen LogP contribution in [-0.4, -0.2) is 36.0 Å². The van der Waals surface area contributed by atoms with Gasteiger partial charge < -0.3 is 15.5 Å². The van der Waals surface area contributed by atoms with Crippen molar-refractivity contribution in [2.24, 2.45) is 5.73 Å². The molecule has 5 heteroatoms. The lowest BCUT2D eigenvalue weighted by molar-refractivity contribution is -0.126. The fourth-order valence-corrected chi connectivity index (χ4v) is 2.51. The molecule has 1 aliphatic rings. The molecular weight excluding hydrogens is 230 g/mol. The van der Waals surface area contributed by atoms with Crippen molar-refractivity contribution in [3.05, 3.63) is 24.2 Å². The van der Waals surface area contributed by atoms with Crippen molar-refractivity contribution >= 4 is 5.91 Å². The number of hydrogen-bond acceptors (Lipinski definition) is 4. The van der Waals surface area contributed by atoms with Crippen LogP contribution in [0.25, 0.3) is 0 Å². The summed E-state index contributed by atoms with van der Waals surface area (Å²) in [4.78, 5) is 14.2. The molecule has 1 aromatic heterocycles. The molecule has 100 valence electrons. The first-order valence-electron chi connectivity index (χ1n) is 6.48. The van der Waals surface area contributed by atoms with E-state index in [9.17, 15) is 4.79 Å². The predicted molar refractivity (Wildman–Crippen MR) is 68.8 cm³/mol. The van der Waals surface area contributed by atoms with Crippen molar-refractivity contribution in [1.29, 1.82) is 0 Å². The van der Waals surface area contributed by atoms with Crippen molar-refractivity contribution < 1.29 is 9.21 Å². The molecule has 1 saturated heterocycles. The third-order valence-corrected chi connectivity index (χ3v) is 3.59. The summed E-state index contributed by atoms with van der Waals surface area (Å²) >= 11 is 0. The van der Waals surface area contributed by atoms with Crippen LogP contribution in [0.2, 0.25) is 0 Å². The summed E-state index contributed by atoms with van der Waals surface area (Å²) in [6, 6.07) is 3.88. The highest BCUT2D eigenvalue weighted by Gasteiger charge is 2.30. The van der Waals surface area contributed by atoms with E-state index in [1.165, 1.54) is 0 Å². The maximum absolute atomic E-state index is 12.1. The number of rotatable bonds is 5. The Morgan fingerprint density at radius 3 is 3.22 bits per heavy atom. The van der Waals surface area contributed by atoms with Gasteiger partial charge in [0.25, 0.3) is 0 Å². The molecule has 2 atom stereocenters. The van der Waals surface area contributed by atoms with Crippen LogP contribution >= 0.6 is 0 Å². The lowest BCUT2D eigenvalue weighted by Gasteiger charge is -2.28. The lowest BCUT2D eigenvalue weighted by Crippen LogP contribution is -2.49. The van der Waals surface area contributed by atoms with Gasteiger partial charge in [0, 0.05) is 12.6 Å². The van der Waals surface area contributed by atoms with E-state index in [1.54, 1.807) is 6.26 Å². The van der Waals surface area contributed by atoms with Gasteiger partial charge in [-0.05, 0) is 38.4 Å². The summed E-state index contributed by atoms with van der Waals surface area (Å²) in [7, 11) is 0. The van der Waals surface area contributed by atoms with Crippen LogP contribution in [-0.2, 0) is 11.3 Å². The fraction of sp³-hybridized carbons (Fsp3) is 0.615. The SMILES string of the molecule is CC(C(=O)NCc1ccco1)N1CCCC1CN. The van der Waals surface area contributed by atoms with Crippen LogP contribution in [0.3, 0.4) is 0 Å². The topological polar surface area (TPSA) is 71.5 Å². The number of amides is 1. The van der Waals surface area contributed by atoms with Crippen LogP contribution in [0.5, 0.6) is 0 Å². The van der Waals surface area contributed by atoms with Crippen molar-refractivity contribution in [1.82, 2.24) is 10.2 Å². The van der Waals surface area contributed by atoms with Crippen molar-refractivity contribution in [2.45, 2.75) is 38.4 Å². The first kappa shape index (κ1) is 13.1. The predicted octanol–water partition coefficient (Wildman–Crippen LogP) is 0.707. The largest absolute Gasteiger partial charge is 0.467 e. The Labute approximate surface area is 107 Å². The molecule has 0 aliphatic carbocycles. The average molecular weight is 251 g/mol. The molecule has 1 amide bonds. The van der Waals surface area contributed by atoms with Crippen LogP contribution in [0, 0.1) is 0 Å². The van der Waals surface area contributed by atoms with Gasteiger partial charge in [0.2, 0.25) is 5.91 Å². The highest BCUT2D eigenvalue weighted by Crippen LogP contribution is 2.19. The zero-order chi connectivity index (χ0) is 13.0. The number of nitrogens with zero attached hydrogens (tertiary/aromatic N) is 1. The van der Waals surface area contributed by atoms with Gasteiger partial charge in [-0.1, -0.05) is 0 Å². The van der Waals surface area contributed by atoms with Gasteiger partial charge in [-0.25, -0.2) is 0 Å². The van der Waals surface area contributed by atoms with E-state index >= 15 is 0 Å². The minimum Gasteiger partial charge on any atom is -0.467 e. The van der Waals surface area contributed by atoms with E-state index in [4.69, 9.17) is 10.2 Å². The Hall–Kier alpha value is -1.33. The standard InChI is InChI=1S/C13H21N3O2/c1-10(16-6-2-4-11(16)8-14)13(17)15-9-12-5-3-7-18-12/h3,5,7,10-11H,2,4,6,8-9,14H2,1H3,(H,15,17). The van der Waals surface area contributed by atoms with E-state index < -0.39 is 0 Å². The molecule has 0 radical (unpaired) electrons. The zero-order valence-corrected chi connectivity index (χ0v) is 10.8. The summed E-state index contributed by atoms with van der Waals surface area (Å²) in [5, 5.41) is 2.89. The van der Waals surface area contributed by atoms with Gasteiger partial charge in [-0.15, -0.1) is 0 Å². The highest BCUT2D eigenvalue weighted by atomic mass is 16.3. The Morgan fingerprint density at radius 2 is 2.56 bits per heavy atom. The Bertz CT molecular complexity index is 378. The molecule has 5 nitrogen and oxygen atoms in total. The maximum Gasteiger partial charge on any atom is 0.237 e. The summed E-state index contributed by atoms with van der Waals surface area (Å²) in [6.07, 6.45) is 3.82. The first-order chi connectivity index (χ1) is 8.72. The van der Waals surface area contributed by atoms with Crippen LogP contribution < -0.4 is 11.1 Å². The third kappa shape index (κ3) is 2.91. The van der Waals surface area contributed by atoms with Gasteiger partial charge in [0.05, 0.1) is 18.8 Å². The summed E-state index contributed by atoms with van der Waals surface area (Å²) in [5.41, 5.74) is 5.72. The van der Waals surface area contributed by atoms with Crippen molar-refractivity contribution in [3.63, 3.8) is 0 Å². The van der Waals surface area contributed by atoms with Crippen LogP contribution in [0.1, 0.15) is 25.5 Å². The van der Waals surface area contributed by atoms with Crippen molar-refractivity contribution in [2.75, 3.05) is 13.1 Å². The molecule has 18 heavy (non-hydrogen) atoms. The molecule has 2 rings (SSSR count). The van der Waals surface area contributed by atoms with Gasteiger partial charge in [0.15, 0.2) is 0 Å². The zero-order valence-electron chi connectivity index (χ0n) is 10.8. The number of carbonyl (C=O) groups is 1. The molecule has 0 bridgehead atoms. The van der Waals surface area contributed by atoms with Crippen LogP contribution in [0.4, 0.5) is 0 Å². The number of furan rings is 1. The molecule has 1 fully saturated rings. The number of nitrogens with two attached hydrogens (primary N) is 1. The summed E-state index contributed by atoms with van der Waals surface area (Å²) in [6.45, 7) is 3.95. The van der Waals surface area contributed by atoms with Crippen LogP contribution in [0.15, 0.2) is 22.8 Å². The van der Waals surface area contributed by atoms with Gasteiger partial charge in [0.1, 0.15) is 5.76 Å². The Morgan fingerprint density at radius 1 is 1.72 bits per heavy atom. The highest BCUT2D eigenvalue weighted by molar-refractivity contribution is 5.81. The molecule has 0 saturated carbocycles. The smallest absolute Gasteiger partial charge is 0.237 e. The van der Waals surface area contributed by atoms with E-state index in [1.807, 2.05) is 19.1 Å². The Balaban J connectivity index is 1.84. The first-order valence-corrected chi connectivity index (χ1v) is 6.48. The van der Waals surface area contributed by atoms with Crippen molar-refractivity contribution in [3.8, 4) is 0 Å². The second kappa shape index (κ2) is 6.02. The number of nitrogens with one attached hydrogen (secondary N) is 1. The molecule has 1 aliphatic heterocycles. The Kier molecular flexibility index (Phi) is 4.38. The molecule has 0 aromatic carbocycles. The quantitative estimate of drug-likeness (QED) is 0.808. The maximum atomic E-state index is 12.1. The third-order valence-electron chi connectivity index (χ3n) is 3.59. The summed E-state index contributed by atoms with van der Waals surface area (Å²) in [5.74, 6) is 0.805. The monoisotopic (exact) mass is 251 g/mol. The summed E-state index contributed by atoms with van der Waals surface area (Å²) < 4.78 is 5.18. The van der Waals surface area contributed by atoms with E-state index in [-0.39, 0.29) is 11.9 Å². The number of hydrogen-bond donors (Lipinski definition) is 2. The van der Waals surface area contributed by atoms with E-state index in [0.717, 1.165) is 25.1 Å². The minimum atomic E-state index is -0.129. The molecule has 2 heterocycles. The van der Waals surface area contributed by atoms with Gasteiger partial charge in [-0.3, -0.25) is 9.69 Å².